The summed E-state index contributed by atoms with van der Waals surface area (Å²) in [6.07, 6.45) is 0. The van der Waals surface area contributed by atoms with Crippen molar-refractivity contribution in [3.8, 4) is 0 Å². The number of hydrogen-bond acceptors (Lipinski definition) is 2. The van der Waals surface area contributed by atoms with Gasteiger partial charge >= 0.3 is 0 Å². The van der Waals surface area contributed by atoms with Gasteiger partial charge in [-0.2, -0.15) is 0 Å². The number of amides is 1. The molecule has 0 saturated carbocycles. The molecule has 0 aliphatic carbocycles. The molecule has 0 unspecified atom stereocenters. The average Bonchev–Trinajstić information content (AvgIpc) is 1.65. The molecule has 0 bridgehead atoms. The Morgan fingerprint density at radius 3 is 2.12 bits per heavy atom. The van der Waals surface area contributed by atoms with E-state index in [2.05, 4.69) is 21.2 Å². The van der Waals surface area contributed by atoms with Crippen LogP contribution in [0.15, 0.2) is 0 Å². The SMILES string of the molecule is C.CC(=O)N(C)SI. The molecule has 0 atom stereocenters. The molecule has 50 valence electrons. The smallest absolute Gasteiger partial charge is 0.229 e. The Morgan fingerprint density at radius 2 is 2.12 bits per heavy atom. The van der Waals surface area contributed by atoms with Crippen molar-refractivity contribution in [2.24, 2.45) is 0 Å². The highest BCUT2D eigenvalue weighted by Crippen LogP contribution is 2.14. The second kappa shape index (κ2) is 5.68. The highest BCUT2D eigenvalue weighted by atomic mass is 127. The molecule has 0 saturated heterocycles. The zero-order chi connectivity index (χ0) is 5.86. The second-order valence-corrected chi connectivity index (χ2v) is 2.95. The summed E-state index contributed by atoms with van der Waals surface area (Å²) in [5.74, 6) is 0.0828. The molecule has 0 aromatic heterocycles. The van der Waals surface area contributed by atoms with E-state index in [-0.39, 0.29) is 13.3 Å². The molecule has 0 aliphatic rings. The Balaban J connectivity index is 0. The minimum absolute atomic E-state index is 0. The summed E-state index contributed by atoms with van der Waals surface area (Å²) in [5, 5.41) is 0. The van der Waals surface area contributed by atoms with Gasteiger partial charge in [-0.15, -0.1) is 0 Å². The summed E-state index contributed by atoms with van der Waals surface area (Å²) >= 11 is 2.05. The summed E-state index contributed by atoms with van der Waals surface area (Å²) < 4.78 is 1.56. The highest BCUT2D eigenvalue weighted by molar-refractivity contribution is 14.2. The lowest BCUT2D eigenvalue weighted by molar-refractivity contribution is -0.122. The van der Waals surface area contributed by atoms with Crippen LogP contribution in [0.4, 0.5) is 0 Å². The number of carbonyl (C=O) groups excluding carboxylic acids is 1. The van der Waals surface area contributed by atoms with Gasteiger partial charge in [0.05, 0.1) is 0 Å². The third-order valence-corrected chi connectivity index (χ3v) is 2.78. The van der Waals surface area contributed by atoms with Crippen molar-refractivity contribution in [3.63, 3.8) is 0 Å². The van der Waals surface area contributed by atoms with E-state index in [1.807, 2.05) is 0 Å². The molecular weight excluding hydrogens is 237 g/mol. The van der Waals surface area contributed by atoms with Gasteiger partial charge < -0.3 is 0 Å². The van der Waals surface area contributed by atoms with E-state index in [1.165, 1.54) is 16.0 Å². The molecule has 1 amide bonds. The second-order valence-electron chi connectivity index (χ2n) is 1.09. The van der Waals surface area contributed by atoms with Gasteiger partial charge in [0.15, 0.2) is 0 Å². The Bertz CT molecular complexity index is 78.4. The van der Waals surface area contributed by atoms with Crippen LogP contribution in [0.1, 0.15) is 14.4 Å². The predicted molar refractivity (Wildman–Crippen MR) is 46.8 cm³/mol. The fourth-order valence-corrected chi connectivity index (χ4v) is 0.978. The Kier molecular flexibility index (Phi) is 8.07. The quantitative estimate of drug-likeness (QED) is 0.522. The molecule has 0 aromatic carbocycles. The maximum Gasteiger partial charge on any atom is 0.229 e. The van der Waals surface area contributed by atoms with Crippen LogP contribution in [0.25, 0.3) is 0 Å². The average molecular weight is 247 g/mol. The summed E-state index contributed by atoms with van der Waals surface area (Å²) in [6.45, 7) is 1.53. The van der Waals surface area contributed by atoms with Gasteiger partial charge in [-0.1, -0.05) is 7.43 Å². The van der Waals surface area contributed by atoms with E-state index in [4.69, 9.17) is 0 Å². The normalized spacial score (nSPS) is 7.38. The molecular formula is C4H10INOS. The van der Waals surface area contributed by atoms with E-state index in [0.717, 1.165) is 0 Å². The van der Waals surface area contributed by atoms with E-state index in [1.54, 1.807) is 11.4 Å². The van der Waals surface area contributed by atoms with Gasteiger partial charge in [-0.25, -0.2) is 0 Å². The molecule has 8 heavy (non-hydrogen) atoms. The summed E-state index contributed by atoms with van der Waals surface area (Å²) in [4.78, 5) is 10.3. The number of rotatable bonds is 1. The standard InChI is InChI=1S/C3H6INOS.CH4/c1-3(6)5(2)7-4;/h1-2H3;1H4. The van der Waals surface area contributed by atoms with Crippen molar-refractivity contribution in [2.75, 3.05) is 7.05 Å². The molecule has 2 nitrogen and oxygen atoms in total. The zero-order valence-corrected chi connectivity index (χ0v) is 7.12. The number of hydrogen-bond donors (Lipinski definition) is 0. The molecule has 0 rings (SSSR count). The number of carbonyl (C=O) groups is 1. The van der Waals surface area contributed by atoms with Crippen LogP contribution in [0, 0.1) is 0 Å². The molecule has 0 aliphatic heterocycles. The largest absolute Gasteiger partial charge is 0.281 e. The van der Waals surface area contributed by atoms with E-state index in [9.17, 15) is 4.79 Å². The fraction of sp³-hybridized carbons (Fsp3) is 0.750. The Morgan fingerprint density at radius 1 is 1.75 bits per heavy atom. The summed E-state index contributed by atoms with van der Waals surface area (Å²) in [6, 6.07) is 0. The highest BCUT2D eigenvalue weighted by Gasteiger charge is 1.96. The third-order valence-electron chi connectivity index (χ3n) is 0.547. The van der Waals surface area contributed by atoms with Crippen molar-refractivity contribution in [1.82, 2.24) is 4.31 Å². The van der Waals surface area contributed by atoms with E-state index in [0.29, 0.717) is 0 Å². The minimum Gasteiger partial charge on any atom is -0.281 e. The van der Waals surface area contributed by atoms with Gasteiger partial charge in [0.25, 0.3) is 0 Å². The van der Waals surface area contributed by atoms with Crippen molar-refractivity contribution in [2.45, 2.75) is 14.4 Å². The number of nitrogens with zero attached hydrogens (tertiary/aromatic N) is 1. The van der Waals surface area contributed by atoms with Crippen LogP contribution in [-0.2, 0) is 4.79 Å². The third kappa shape index (κ3) is 4.70. The number of halogens is 1. The van der Waals surface area contributed by atoms with Crippen molar-refractivity contribution >= 4 is 36.2 Å². The monoisotopic (exact) mass is 247 g/mol. The lowest BCUT2D eigenvalue weighted by Crippen LogP contribution is -2.12. The first-order chi connectivity index (χ1) is 3.18. The van der Waals surface area contributed by atoms with Gasteiger partial charge in [-0.3, -0.25) is 9.10 Å². The van der Waals surface area contributed by atoms with Crippen molar-refractivity contribution in [1.29, 1.82) is 0 Å². The van der Waals surface area contributed by atoms with Crippen molar-refractivity contribution < 1.29 is 4.79 Å². The first-order valence-electron chi connectivity index (χ1n) is 1.71. The van der Waals surface area contributed by atoms with E-state index < -0.39 is 0 Å². The van der Waals surface area contributed by atoms with Crippen LogP contribution >= 0.6 is 30.3 Å². The Labute approximate surface area is 66.7 Å². The van der Waals surface area contributed by atoms with Crippen molar-refractivity contribution in [3.05, 3.63) is 0 Å². The minimum atomic E-state index is 0. The summed E-state index contributed by atoms with van der Waals surface area (Å²) in [7, 11) is 3.12. The van der Waals surface area contributed by atoms with Gasteiger partial charge in [0.1, 0.15) is 0 Å². The molecule has 0 fully saturated rings. The van der Waals surface area contributed by atoms with Gasteiger partial charge in [0, 0.05) is 44.3 Å². The first-order valence-corrected chi connectivity index (χ1v) is 5.03. The molecule has 0 spiro atoms. The molecule has 0 aromatic rings. The lowest BCUT2D eigenvalue weighted by Gasteiger charge is -2.05. The Hall–Kier alpha value is 0.550. The molecule has 0 heterocycles. The molecule has 4 heteroatoms. The molecule has 0 radical (unpaired) electrons. The summed E-state index contributed by atoms with van der Waals surface area (Å²) in [5.41, 5.74) is 0. The zero-order valence-electron chi connectivity index (χ0n) is 4.14. The van der Waals surface area contributed by atoms with Crippen LogP contribution in [0.5, 0.6) is 0 Å². The lowest BCUT2D eigenvalue weighted by atomic mass is 10.7. The predicted octanol–water partition coefficient (Wildman–Crippen LogP) is 2.10. The topological polar surface area (TPSA) is 20.3 Å². The van der Waals surface area contributed by atoms with Crippen LogP contribution in [-0.4, -0.2) is 17.3 Å². The van der Waals surface area contributed by atoms with Crippen LogP contribution in [0.2, 0.25) is 0 Å². The maximum atomic E-state index is 10.3. The maximum absolute atomic E-state index is 10.3. The molecule has 0 N–H and O–H groups in total. The van der Waals surface area contributed by atoms with Crippen LogP contribution in [0.3, 0.4) is 0 Å². The van der Waals surface area contributed by atoms with Gasteiger partial charge in [0.2, 0.25) is 5.91 Å². The van der Waals surface area contributed by atoms with Gasteiger partial charge in [-0.05, 0) is 0 Å². The van der Waals surface area contributed by atoms with E-state index >= 15 is 0 Å². The van der Waals surface area contributed by atoms with Crippen LogP contribution < -0.4 is 0 Å². The first kappa shape index (κ1) is 11.4. The fourth-order valence-electron chi connectivity index (χ4n) is 0.0486.